The van der Waals surface area contributed by atoms with E-state index in [1.54, 1.807) is 18.2 Å². The number of aromatic nitrogens is 2. The van der Waals surface area contributed by atoms with Crippen LogP contribution in [0.25, 0.3) is 0 Å². The molecule has 0 radical (unpaired) electrons. The van der Waals surface area contributed by atoms with E-state index in [0.717, 1.165) is 24.4 Å². The zero-order valence-electron chi connectivity index (χ0n) is 12.4. The maximum atomic E-state index is 12.0. The van der Waals surface area contributed by atoms with Gasteiger partial charge in [0.15, 0.2) is 0 Å². The molecule has 0 aliphatic heterocycles. The first-order valence-electron chi connectivity index (χ1n) is 6.91. The second-order valence-corrected chi connectivity index (χ2v) is 5.11. The van der Waals surface area contributed by atoms with E-state index in [1.165, 1.54) is 0 Å². The van der Waals surface area contributed by atoms with E-state index < -0.39 is 0 Å². The minimum Gasteiger partial charge on any atom is -0.399 e. The predicted octanol–water partition coefficient (Wildman–Crippen LogP) is 1.48. The van der Waals surface area contributed by atoms with Gasteiger partial charge in [0.2, 0.25) is 0 Å². The van der Waals surface area contributed by atoms with E-state index in [2.05, 4.69) is 10.4 Å². The molecule has 0 saturated carbocycles. The van der Waals surface area contributed by atoms with Gasteiger partial charge in [0, 0.05) is 30.2 Å². The average Bonchev–Trinajstić information content (AvgIpc) is 2.73. The third-order valence-corrected chi connectivity index (χ3v) is 3.26. The summed E-state index contributed by atoms with van der Waals surface area (Å²) in [5.74, 6) is -0.180. The molecule has 6 nitrogen and oxygen atoms in total. The van der Waals surface area contributed by atoms with Crippen molar-refractivity contribution in [1.29, 1.82) is 0 Å². The number of nitrogens with two attached hydrogens (primary N) is 2. The first kappa shape index (κ1) is 14.9. The molecular weight excluding hydrogens is 266 g/mol. The van der Waals surface area contributed by atoms with Crippen molar-refractivity contribution >= 4 is 17.3 Å². The number of anilines is 2. The molecule has 1 aromatic carbocycles. The zero-order chi connectivity index (χ0) is 15.4. The number of carbonyl (C=O) groups excluding carboxylic acids is 1. The molecule has 2 rings (SSSR count). The van der Waals surface area contributed by atoms with Crippen LogP contribution in [-0.2, 0) is 6.54 Å². The molecule has 0 fully saturated rings. The van der Waals surface area contributed by atoms with Gasteiger partial charge in [-0.05, 0) is 44.5 Å². The molecule has 0 saturated heterocycles. The van der Waals surface area contributed by atoms with Crippen LogP contribution in [-0.4, -0.2) is 22.2 Å². The van der Waals surface area contributed by atoms with Gasteiger partial charge in [-0.1, -0.05) is 0 Å². The molecule has 112 valence electrons. The molecule has 6 heteroatoms. The molecule has 2 aromatic rings. The summed E-state index contributed by atoms with van der Waals surface area (Å²) in [6, 6.07) is 6.93. The van der Waals surface area contributed by atoms with Gasteiger partial charge < -0.3 is 16.8 Å². The molecule has 0 unspecified atom stereocenters. The maximum absolute atomic E-state index is 12.0. The Labute approximate surface area is 124 Å². The Morgan fingerprint density at radius 3 is 2.67 bits per heavy atom. The van der Waals surface area contributed by atoms with Crippen LogP contribution in [0.5, 0.6) is 0 Å². The van der Waals surface area contributed by atoms with Crippen LogP contribution in [0.3, 0.4) is 0 Å². The summed E-state index contributed by atoms with van der Waals surface area (Å²) >= 11 is 0. The van der Waals surface area contributed by atoms with Crippen molar-refractivity contribution in [1.82, 2.24) is 15.1 Å². The number of nitrogen functional groups attached to an aromatic ring is 2. The molecule has 0 bridgehead atoms. The molecule has 0 aliphatic rings. The quantitative estimate of drug-likeness (QED) is 0.573. The fraction of sp³-hybridized carbons (Fsp3) is 0.333. The van der Waals surface area contributed by atoms with Gasteiger partial charge in [-0.15, -0.1) is 0 Å². The Balaban J connectivity index is 1.83. The molecule has 5 N–H and O–H groups in total. The van der Waals surface area contributed by atoms with Gasteiger partial charge in [-0.25, -0.2) is 0 Å². The van der Waals surface area contributed by atoms with Crippen molar-refractivity contribution < 1.29 is 4.79 Å². The smallest absolute Gasteiger partial charge is 0.253 e. The van der Waals surface area contributed by atoms with Crippen LogP contribution in [0, 0.1) is 13.8 Å². The topological polar surface area (TPSA) is 99.0 Å². The second-order valence-electron chi connectivity index (χ2n) is 5.11. The zero-order valence-corrected chi connectivity index (χ0v) is 12.4. The molecule has 1 amide bonds. The van der Waals surface area contributed by atoms with Crippen LogP contribution >= 0.6 is 0 Å². The minimum absolute atomic E-state index is 0.180. The van der Waals surface area contributed by atoms with Crippen molar-refractivity contribution in [2.75, 3.05) is 18.0 Å². The number of nitrogens with zero attached hydrogens (tertiary/aromatic N) is 2. The van der Waals surface area contributed by atoms with E-state index in [-0.39, 0.29) is 5.91 Å². The van der Waals surface area contributed by atoms with Crippen molar-refractivity contribution in [2.24, 2.45) is 0 Å². The number of benzene rings is 1. The average molecular weight is 287 g/mol. The Kier molecular flexibility index (Phi) is 4.47. The number of amides is 1. The highest BCUT2D eigenvalue weighted by Crippen LogP contribution is 2.15. The Hall–Kier alpha value is -2.50. The third kappa shape index (κ3) is 3.75. The van der Waals surface area contributed by atoms with Gasteiger partial charge >= 0.3 is 0 Å². The summed E-state index contributed by atoms with van der Waals surface area (Å²) < 4.78 is 1.94. The van der Waals surface area contributed by atoms with E-state index >= 15 is 0 Å². The number of hydrogen-bond acceptors (Lipinski definition) is 4. The van der Waals surface area contributed by atoms with E-state index in [4.69, 9.17) is 11.5 Å². The normalized spacial score (nSPS) is 10.6. The van der Waals surface area contributed by atoms with Crippen molar-refractivity contribution in [3.63, 3.8) is 0 Å². The van der Waals surface area contributed by atoms with Crippen LogP contribution < -0.4 is 16.8 Å². The molecule has 0 atom stereocenters. The highest BCUT2D eigenvalue weighted by atomic mass is 16.1. The molecule has 1 heterocycles. The van der Waals surface area contributed by atoms with Gasteiger partial charge in [0.05, 0.1) is 11.3 Å². The number of rotatable bonds is 5. The van der Waals surface area contributed by atoms with E-state index in [0.29, 0.717) is 23.5 Å². The summed E-state index contributed by atoms with van der Waals surface area (Å²) in [4.78, 5) is 12.0. The number of nitrogens with one attached hydrogen (secondary N) is 1. The molecular formula is C15H21N5O. The summed E-state index contributed by atoms with van der Waals surface area (Å²) in [5, 5.41) is 7.23. The highest BCUT2D eigenvalue weighted by molar-refractivity contribution is 5.99. The van der Waals surface area contributed by atoms with Gasteiger partial charge in [-0.2, -0.15) is 5.10 Å². The first-order chi connectivity index (χ1) is 9.97. The van der Waals surface area contributed by atoms with Crippen molar-refractivity contribution in [3.8, 4) is 0 Å². The fourth-order valence-electron chi connectivity index (χ4n) is 2.22. The fourth-order valence-corrected chi connectivity index (χ4v) is 2.22. The number of hydrogen-bond donors (Lipinski definition) is 3. The van der Waals surface area contributed by atoms with Crippen molar-refractivity contribution in [3.05, 3.63) is 41.2 Å². The highest BCUT2D eigenvalue weighted by Gasteiger charge is 2.09. The van der Waals surface area contributed by atoms with Gasteiger partial charge in [0.1, 0.15) is 0 Å². The lowest BCUT2D eigenvalue weighted by Gasteiger charge is -2.09. The predicted molar refractivity (Wildman–Crippen MR) is 83.9 cm³/mol. The second kappa shape index (κ2) is 6.30. The van der Waals surface area contributed by atoms with Crippen LogP contribution in [0.4, 0.5) is 11.4 Å². The SMILES string of the molecule is Cc1cc(C)n(CCCNC(=O)c2ccc(N)cc2N)n1. The molecule has 0 aliphatic carbocycles. The molecule has 21 heavy (non-hydrogen) atoms. The standard InChI is InChI=1S/C15H21N5O/c1-10-8-11(2)20(19-10)7-3-6-18-15(21)13-5-4-12(16)9-14(13)17/h4-5,8-9H,3,6-7,16-17H2,1-2H3,(H,18,21). The van der Waals surface area contributed by atoms with Gasteiger partial charge in [-0.3, -0.25) is 9.48 Å². The van der Waals surface area contributed by atoms with Crippen LogP contribution in [0.15, 0.2) is 24.3 Å². The minimum atomic E-state index is -0.180. The molecule has 0 spiro atoms. The lowest BCUT2D eigenvalue weighted by Crippen LogP contribution is -2.26. The first-order valence-corrected chi connectivity index (χ1v) is 6.91. The molecule has 1 aromatic heterocycles. The Morgan fingerprint density at radius 2 is 2.05 bits per heavy atom. The summed E-state index contributed by atoms with van der Waals surface area (Å²) in [6.07, 6.45) is 0.808. The lowest BCUT2D eigenvalue weighted by molar-refractivity contribution is 0.0953. The Morgan fingerprint density at radius 1 is 1.29 bits per heavy atom. The lowest BCUT2D eigenvalue weighted by atomic mass is 10.1. The van der Waals surface area contributed by atoms with E-state index in [1.807, 2.05) is 24.6 Å². The third-order valence-electron chi connectivity index (χ3n) is 3.26. The van der Waals surface area contributed by atoms with Crippen LogP contribution in [0.1, 0.15) is 28.2 Å². The summed E-state index contributed by atoms with van der Waals surface area (Å²) in [6.45, 7) is 5.33. The largest absolute Gasteiger partial charge is 0.399 e. The van der Waals surface area contributed by atoms with E-state index in [9.17, 15) is 4.79 Å². The van der Waals surface area contributed by atoms with Crippen molar-refractivity contribution in [2.45, 2.75) is 26.8 Å². The summed E-state index contributed by atoms with van der Waals surface area (Å²) in [7, 11) is 0. The monoisotopic (exact) mass is 287 g/mol. The Bertz CT molecular complexity index is 648. The number of carbonyl (C=O) groups is 1. The van der Waals surface area contributed by atoms with Crippen LogP contribution in [0.2, 0.25) is 0 Å². The maximum Gasteiger partial charge on any atom is 0.253 e. The summed E-state index contributed by atoms with van der Waals surface area (Å²) in [5.41, 5.74) is 14.9. The van der Waals surface area contributed by atoms with Gasteiger partial charge in [0.25, 0.3) is 5.91 Å². The number of aryl methyl sites for hydroxylation is 3.